The molecule has 0 saturated heterocycles. The molecule has 0 radical (unpaired) electrons. The molecule has 33 heavy (non-hydrogen) atoms. The zero-order chi connectivity index (χ0) is 24.0. The van der Waals surface area contributed by atoms with E-state index in [1.165, 1.54) is 10.2 Å². The number of nitrogens with one attached hydrogen (secondary N) is 1. The number of hydrazone groups is 1. The van der Waals surface area contributed by atoms with Gasteiger partial charge in [0.05, 0.1) is 11.4 Å². The first-order valence-electron chi connectivity index (χ1n) is 11.0. The summed E-state index contributed by atoms with van der Waals surface area (Å²) in [6, 6.07) is 8.18. The zero-order valence-electron chi connectivity index (χ0n) is 19.7. The predicted octanol–water partition coefficient (Wildman–Crippen LogP) is 2.43. The van der Waals surface area contributed by atoms with Crippen LogP contribution in [0.25, 0.3) is 5.82 Å². The second-order valence-corrected chi connectivity index (χ2v) is 8.16. The first-order chi connectivity index (χ1) is 15.8. The number of anilines is 1. The monoisotopic (exact) mass is 453 g/mol. The molecule has 176 valence electrons. The second-order valence-electron chi connectivity index (χ2n) is 8.16. The Bertz CT molecular complexity index is 1100. The molecular formula is C22H31N9O2. The number of nitrogens with zero attached hydrogens (tertiary/aromatic N) is 7. The van der Waals surface area contributed by atoms with Crippen LogP contribution >= 0.6 is 0 Å². The van der Waals surface area contributed by atoms with E-state index in [0.717, 1.165) is 25.1 Å². The summed E-state index contributed by atoms with van der Waals surface area (Å²) in [5.41, 5.74) is 11.9. The van der Waals surface area contributed by atoms with Crippen molar-refractivity contribution in [1.29, 1.82) is 0 Å². The highest BCUT2D eigenvalue weighted by molar-refractivity contribution is 6.00. The van der Waals surface area contributed by atoms with E-state index < -0.39 is 5.91 Å². The molecule has 3 N–H and O–H groups in total. The molecule has 0 saturated carbocycles. The standard InChI is InChI=1S/C22H31N9O2/c1-6-30(7-2)13-18-19(25-29-31(18)21-20(23)27-33-28-21)22(32)26-24-15(5)17-10-8-16(9-11-17)12-14(3)4/h8-11,14H,6-7,12-13H2,1-5H3,(H2,23,27)(H,26,32). The summed E-state index contributed by atoms with van der Waals surface area (Å²) in [5, 5.41) is 19.8. The van der Waals surface area contributed by atoms with Gasteiger partial charge >= 0.3 is 0 Å². The quantitative estimate of drug-likeness (QED) is 0.352. The van der Waals surface area contributed by atoms with Gasteiger partial charge in [-0.2, -0.15) is 9.78 Å². The molecule has 11 heteroatoms. The molecule has 0 bridgehead atoms. The largest absolute Gasteiger partial charge is 0.378 e. The van der Waals surface area contributed by atoms with E-state index in [1.807, 2.05) is 32.9 Å². The number of carbonyl (C=O) groups is 1. The highest BCUT2D eigenvalue weighted by Gasteiger charge is 2.25. The van der Waals surface area contributed by atoms with E-state index in [9.17, 15) is 4.79 Å². The minimum Gasteiger partial charge on any atom is -0.378 e. The smallest absolute Gasteiger partial charge is 0.293 e. The van der Waals surface area contributed by atoms with Crippen LogP contribution in [-0.4, -0.2) is 54.9 Å². The fourth-order valence-electron chi connectivity index (χ4n) is 3.39. The van der Waals surface area contributed by atoms with Gasteiger partial charge in [-0.15, -0.1) is 5.10 Å². The van der Waals surface area contributed by atoms with Gasteiger partial charge in [-0.1, -0.05) is 57.2 Å². The number of hydrogen-bond acceptors (Lipinski definition) is 9. The van der Waals surface area contributed by atoms with Gasteiger partial charge in [0.1, 0.15) is 0 Å². The number of amides is 1. The molecular weight excluding hydrogens is 422 g/mol. The summed E-state index contributed by atoms with van der Waals surface area (Å²) in [6.45, 7) is 12.2. The van der Waals surface area contributed by atoms with E-state index in [0.29, 0.717) is 23.9 Å². The molecule has 0 spiro atoms. The van der Waals surface area contributed by atoms with Gasteiger partial charge in [0.25, 0.3) is 5.91 Å². The lowest BCUT2D eigenvalue weighted by atomic mass is 10.0. The van der Waals surface area contributed by atoms with Crippen LogP contribution < -0.4 is 11.2 Å². The molecule has 0 aliphatic rings. The molecule has 11 nitrogen and oxygen atoms in total. The number of nitrogen functional groups attached to an aromatic ring is 1. The zero-order valence-corrected chi connectivity index (χ0v) is 19.7. The molecule has 0 atom stereocenters. The van der Waals surface area contributed by atoms with Crippen LogP contribution in [0.2, 0.25) is 0 Å². The highest BCUT2D eigenvalue weighted by atomic mass is 16.6. The van der Waals surface area contributed by atoms with Crippen molar-refractivity contribution in [1.82, 2.24) is 35.6 Å². The van der Waals surface area contributed by atoms with Gasteiger partial charge in [-0.25, -0.2) is 10.1 Å². The van der Waals surface area contributed by atoms with Crippen LogP contribution in [0.4, 0.5) is 5.82 Å². The molecule has 3 aromatic rings. The Morgan fingerprint density at radius 3 is 2.48 bits per heavy atom. The number of hydrogen-bond donors (Lipinski definition) is 2. The number of aromatic nitrogens is 5. The molecule has 0 unspecified atom stereocenters. The Labute approximate surface area is 193 Å². The van der Waals surface area contributed by atoms with Gasteiger partial charge < -0.3 is 5.73 Å². The fraction of sp³-hybridized carbons (Fsp3) is 0.455. The normalized spacial score (nSPS) is 12.0. The minimum absolute atomic E-state index is 0.0578. The molecule has 1 amide bonds. The Morgan fingerprint density at radius 1 is 1.21 bits per heavy atom. The second kappa shape index (κ2) is 10.8. The van der Waals surface area contributed by atoms with Crippen molar-refractivity contribution in [2.24, 2.45) is 11.0 Å². The van der Waals surface area contributed by atoms with E-state index in [1.54, 1.807) is 0 Å². The van der Waals surface area contributed by atoms with Crippen LogP contribution in [0, 0.1) is 5.92 Å². The number of benzene rings is 1. The summed E-state index contributed by atoms with van der Waals surface area (Å²) in [6.07, 6.45) is 1.02. The van der Waals surface area contributed by atoms with Crippen molar-refractivity contribution in [3.05, 3.63) is 46.8 Å². The van der Waals surface area contributed by atoms with Gasteiger partial charge in [0.15, 0.2) is 5.69 Å². The number of nitrogens with two attached hydrogens (primary N) is 1. The summed E-state index contributed by atoms with van der Waals surface area (Å²) in [7, 11) is 0. The first-order valence-corrected chi connectivity index (χ1v) is 11.0. The summed E-state index contributed by atoms with van der Waals surface area (Å²) >= 11 is 0. The van der Waals surface area contributed by atoms with Gasteiger partial charge in [-0.05, 0) is 53.8 Å². The summed E-state index contributed by atoms with van der Waals surface area (Å²) in [5.74, 6) is 0.355. The van der Waals surface area contributed by atoms with Crippen LogP contribution in [0.1, 0.15) is 61.9 Å². The minimum atomic E-state index is -0.478. The topological polar surface area (TPSA) is 140 Å². The fourth-order valence-corrected chi connectivity index (χ4v) is 3.39. The van der Waals surface area contributed by atoms with E-state index in [2.05, 4.69) is 66.7 Å². The average molecular weight is 454 g/mol. The maximum Gasteiger partial charge on any atom is 0.293 e. The number of rotatable bonds is 10. The molecule has 2 heterocycles. The lowest BCUT2D eigenvalue weighted by Crippen LogP contribution is -2.27. The average Bonchev–Trinajstić information content (AvgIpc) is 3.41. The maximum atomic E-state index is 13.0. The lowest BCUT2D eigenvalue weighted by Gasteiger charge is -2.18. The van der Waals surface area contributed by atoms with Crippen molar-refractivity contribution < 1.29 is 9.42 Å². The third kappa shape index (κ3) is 5.80. The highest BCUT2D eigenvalue weighted by Crippen LogP contribution is 2.17. The van der Waals surface area contributed by atoms with Crippen molar-refractivity contribution in [3.8, 4) is 5.82 Å². The molecule has 2 aromatic heterocycles. The molecule has 0 fully saturated rings. The maximum absolute atomic E-state index is 13.0. The third-order valence-corrected chi connectivity index (χ3v) is 5.28. The lowest BCUT2D eigenvalue weighted by molar-refractivity contribution is 0.0947. The Kier molecular flexibility index (Phi) is 7.88. The van der Waals surface area contributed by atoms with Crippen molar-refractivity contribution in [2.75, 3.05) is 18.8 Å². The SMILES string of the molecule is CCN(CC)Cc1c(C(=O)NN=C(C)c2ccc(CC(C)C)cc2)nnn1-c1nonc1N. The van der Waals surface area contributed by atoms with Gasteiger partial charge in [0, 0.05) is 6.54 Å². The first kappa shape index (κ1) is 24.1. The predicted molar refractivity (Wildman–Crippen MR) is 125 cm³/mol. The molecule has 1 aromatic carbocycles. The van der Waals surface area contributed by atoms with Crippen LogP contribution in [0.5, 0.6) is 0 Å². The van der Waals surface area contributed by atoms with Crippen LogP contribution in [0.15, 0.2) is 34.0 Å². The van der Waals surface area contributed by atoms with Crippen LogP contribution in [0.3, 0.4) is 0 Å². The van der Waals surface area contributed by atoms with Gasteiger partial charge in [-0.3, -0.25) is 9.69 Å². The van der Waals surface area contributed by atoms with Crippen molar-refractivity contribution >= 4 is 17.4 Å². The van der Waals surface area contributed by atoms with Gasteiger partial charge in [0.2, 0.25) is 11.6 Å². The number of carbonyl (C=O) groups excluding carboxylic acids is 1. The summed E-state index contributed by atoms with van der Waals surface area (Å²) in [4.78, 5) is 15.1. The van der Waals surface area contributed by atoms with Crippen LogP contribution in [-0.2, 0) is 13.0 Å². The molecule has 0 aliphatic carbocycles. The Hall–Kier alpha value is -3.60. The third-order valence-electron chi connectivity index (χ3n) is 5.28. The Balaban J connectivity index is 1.82. The van der Waals surface area contributed by atoms with Crippen molar-refractivity contribution in [3.63, 3.8) is 0 Å². The summed E-state index contributed by atoms with van der Waals surface area (Å²) < 4.78 is 6.07. The molecule has 0 aliphatic heterocycles. The molecule has 3 rings (SSSR count). The Morgan fingerprint density at radius 2 is 1.91 bits per heavy atom. The van der Waals surface area contributed by atoms with E-state index in [-0.39, 0.29) is 17.3 Å². The van der Waals surface area contributed by atoms with E-state index >= 15 is 0 Å². The van der Waals surface area contributed by atoms with E-state index in [4.69, 9.17) is 5.73 Å². The van der Waals surface area contributed by atoms with Crippen molar-refractivity contribution in [2.45, 2.75) is 47.6 Å².